The van der Waals surface area contributed by atoms with E-state index in [4.69, 9.17) is 11.6 Å². The van der Waals surface area contributed by atoms with E-state index in [1.54, 1.807) is 0 Å². The molecule has 4 nitrogen and oxygen atoms in total. The number of benzene rings is 3. The minimum Gasteiger partial charge on any atom is -0.318 e. The molecule has 5 heteroatoms. The van der Waals surface area contributed by atoms with Gasteiger partial charge < -0.3 is 14.8 Å². The Bertz CT molecular complexity index is 1290. The lowest BCUT2D eigenvalue weighted by Crippen LogP contribution is -2.38. The van der Waals surface area contributed by atoms with Gasteiger partial charge in [0.25, 0.3) is 0 Å². The fourth-order valence-electron chi connectivity index (χ4n) is 4.39. The second-order valence-corrected chi connectivity index (χ2v) is 8.70. The van der Waals surface area contributed by atoms with Crippen LogP contribution in [0.25, 0.3) is 5.69 Å². The molecule has 0 fully saturated rings. The molecular weight excluding hydrogens is 418 g/mol. The van der Waals surface area contributed by atoms with Crippen LogP contribution in [-0.2, 0) is 6.54 Å². The molecule has 1 atom stereocenters. The summed E-state index contributed by atoms with van der Waals surface area (Å²) >= 11 is 6.18. The zero-order valence-corrected chi connectivity index (χ0v) is 18.8. The summed E-state index contributed by atoms with van der Waals surface area (Å²) in [4.78, 5) is 15.7. The number of aryl methyl sites for hydroxylation is 2. The lowest BCUT2D eigenvalue weighted by atomic mass is 10.0. The Kier molecular flexibility index (Phi) is 5.24. The quantitative estimate of drug-likeness (QED) is 0.361. The van der Waals surface area contributed by atoms with Crippen LogP contribution in [-0.4, -0.2) is 15.5 Å². The molecule has 3 aromatic carbocycles. The molecule has 2 amide bonds. The van der Waals surface area contributed by atoms with Gasteiger partial charge in [0.05, 0.1) is 18.3 Å². The maximum atomic E-state index is 13.8. The third-order valence-corrected chi connectivity index (χ3v) is 6.30. The first-order chi connectivity index (χ1) is 15.5. The number of carbonyl (C=O) groups is 1. The van der Waals surface area contributed by atoms with Crippen LogP contribution in [0.2, 0.25) is 5.02 Å². The van der Waals surface area contributed by atoms with Gasteiger partial charge in [-0.15, -0.1) is 0 Å². The van der Waals surface area contributed by atoms with Crippen LogP contribution in [0.15, 0.2) is 85.1 Å². The van der Waals surface area contributed by atoms with Crippen LogP contribution in [0.1, 0.15) is 34.0 Å². The number of nitrogens with one attached hydrogen (secondary N) is 1. The first kappa shape index (κ1) is 20.4. The van der Waals surface area contributed by atoms with Crippen LogP contribution in [0.5, 0.6) is 0 Å². The molecule has 0 spiro atoms. The van der Waals surface area contributed by atoms with Gasteiger partial charge in [-0.3, -0.25) is 0 Å². The maximum Gasteiger partial charge on any atom is 0.322 e. The number of carbonyl (C=O) groups excluding carboxylic acids is 1. The Balaban J connectivity index is 1.63. The molecule has 4 aromatic rings. The Morgan fingerprint density at radius 3 is 2.56 bits per heavy atom. The van der Waals surface area contributed by atoms with Gasteiger partial charge in [-0.1, -0.05) is 54.1 Å². The van der Waals surface area contributed by atoms with Crippen molar-refractivity contribution in [2.75, 3.05) is 5.32 Å². The third-order valence-electron chi connectivity index (χ3n) is 6.05. The summed E-state index contributed by atoms with van der Waals surface area (Å²) in [6.07, 6.45) is 2.06. The number of hydrogen-bond donors (Lipinski definition) is 1. The van der Waals surface area contributed by atoms with Crippen LogP contribution >= 0.6 is 11.6 Å². The molecule has 160 valence electrons. The number of anilines is 1. The minimum absolute atomic E-state index is 0.136. The van der Waals surface area contributed by atoms with E-state index >= 15 is 0 Å². The molecule has 1 aromatic heterocycles. The van der Waals surface area contributed by atoms with Gasteiger partial charge in [0, 0.05) is 22.6 Å². The van der Waals surface area contributed by atoms with E-state index in [2.05, 4.69) is 40.3 Å². The molecule has 0 aliphatic carbocycles. The second kappa shape index (κ2) is 8.21. The van der Waals surface area contributed by atoms with Crippen molar-refractivity contribution in [1.82, 2.24) is 9.47 Å². The van der Waals surface area contributed by atoms with Gasteiger partial charge in [-0.2, -0.15) is 0 Å². The normalized spacial score (nSPS) is 15.0. The van der Waals surface area contributed by atoms with Crippen molar-refractivity contribution in [2.45, 2.75) is 26.4 Å². The summed E-state index contributed by atoms with van der Waals surface area (Å²) in [6.45, 7) is 4.52. The SMILES string of the molecule is Cc1ccc(C)c(NC(=O)N2Cc3ccccc3-n3cccc3C2c2ccc(Cl)cc2)c1. The van der Waals surface area contributed by atoms with E-state index in [1.165, 1.54) is 0 Å². The number of urea groups is 1. The van der Waals surface area contributed by atoms with E-state index < -0.39 is 0 Å². The Morgan fingerprint density at radius 2 is 1.75 bits per heavy atom. The fraction of sp³-hybridized carbons (Fsp3) is 0.148. The number of amides is 2. The van der Waals surface area contributed by atoms with Gasteiger partial charge in [-0.25, -0.2) is 4.79 Å². The van der Waals surface area contributed by atoms with Gasteiger partial charge in [0.2, 0.25) is 0 Å². The van der Waals surface area contributed by atoms with Crippen molar-refractivity contribution >= 4 is 23.3 Å². The molecule has 1 aliphatic heterocycles. The van der Waals surface area contributed by atoms with Crippen molar-refractivity contribution in [2.24, 2.45) is 0 Å². The van der Waals surface area contributed by atoms with E-state index in [0.29, 0.717) is 11.6 Å². The molecule has 1 N–H and O–H groups in total. The topological polar surface area (TPSA) is 37.3 Å². The lowest BCUT2D eigenvalue weighted by Gasteiger charge is -2.31. The number of halogens is 1. The first-order valence-electron chi connectivity index (χ1n) is 10.7. The zero-order chi connectivity index (χ0) is 22.2. The largest absolute Gasteiger partial charge is 0.322 e. The minimum atomic E-state index is -0.264. The van der Waals surface area contributed by atoms with E-state index in [9.17, 15) is 4.79 Å². The summed E-state index contributed by atoms with van der Waals surface area (Å²) < 4.78 is 2.18. The number of fused-ring (bicyclic) bond motifs is 3. The lowest BCUT2D eigenvalue weighted by molar-refractivity contribution is 0.194. The molecular formula is C27H24ClN3O. The number of nitrogens with zero attached hydrogens (tertiary/aromatic N) is 2. The van der Waals surface area contributed by atoms with E-state index in [1.807, 2.05) is 73.3 Å². The van der Waals surface area contributed by atoms with Crippen LogP contribution in [0.4, 0.5) is 10.5 Å². The van der Waals surface area contributed by atoms with Crippen molar-refractivity contribution in [3.8, 4) is 5.69 Å². The molecule has 1 unspecified atom stereocenters. The summed E-state index contributed by atoms with van der Waals surface area (Å²) in [5.41, 5.74) is 7.20. The zero-order valence-electron chi connectivity index (χ0n) is 18.0. The summed E-state index contributed by atoms with van der Waals surface area (Å²) in [7, 11) is 0. The monoisotopic (exact) mass is 441 g/mol. The van der Waals surface area contributed by atoms with Gasteiger partial charge in [0.15, 0.2) is 0 Å². The standard InChI is InChI=1S/C27H24ClN3O/c1-18-9-10-19(2)23(16-18)29-27(32)31-17-21-6-3-4-7-24(21)30-15-5-8-25(30)26(31)20-11-13-22(28)14-12-20/h3-16,26H,17H2,1-2H3,(H,29,32). The van der Waals surface area contributed by atoms with Crippen molar-refractivity contribution in [3.05, 3.63) is 118 Å². The number of para-hydroxylation sites is 1. The van der Waals surface area contributed by atoms with E-state index in [0.717, 1.165) is 39.3 Å². The number of hydrogen-bond acceptors (Lipinski definition) is 1. The molecule has 0 bridgehead atoms. The van der Waals surface area contributed by atoms with Crippen LogP contribution in [0, 0.1) is 13.8 Å². The summed E-state index contributed by atoms with van der Waals surface area (Å²) in [5, 5.41) is 3.84. The molecule has 5 rings (SSSR count). The molecule has 1 aliphatic rings. The maximum absolute atomic E-state index is 13.8. The fourth-order valence-corrected chi connectivity index (χ4v) is 4.52. The average molecular weight is 442 g/mol. The Labute approximate surface area is 193 Å². The first-order valence-corrected chi connectivity index (χ1v) is 11.0. The van der Waals surface area contributed by atoms with Crippen molar-refractivity contribution < 1.29 is 4.79 Å². The van der Waals surface area contributed by atoms with E-state index in [-0.39, 0.29) is 12.1 Å². The highest BCUT2D eigenvalue weighted by Gasteiger charge is 2.33. The Hall–Kier alpha value is -3.50. The Morgan fingerprint density at radius 1 is 0.969 bits per heavy atom. The second-order valence-electron chi connectivity index (χ2n) is 8.26. The average Bonchev–Trinajstić information content (AvgIpc) is 3.21. The van der Waals surface area contributed by atoms with Gasteiger partial charge in [0.1, 0.15) is 0 Å². The summed E-state index contributed by atoms with van der Waals surface area (Å²) in [6, 6.07) is 25.8. The smallest absolute Gasteiger partial charge is 0.318 e. The highest BCUT2D eigenvalue weighted by atomic mass is 35.5. The van der Waals surface area contributed by atoms with Crippen LogP contribution in [0.3, 0.4) is 0 Å². The highest BCUT2D eigenvalue weighted by Crippen LogP contribution is 2.37. The molecule has 0 saturated heterocycles. The number of aromatic nitrogens is 1. The van der Waals surface area contributed by atoms with Crippen LogP contribution < -0.4 is 5.32 Å². The molecule has 32 heavy (non-hydrogen) atoms. The number of rotatable bonds is 2. The summed E-state index contributed by atoms with van der Waals surface area (Å²) in [5.74, 6) is 0. The molecule has 2 heterocycles. The highest BCUT2D eigenvalue weighted by molar-refractivity contribution is 6.30. The predicted molar refractivity (Wildman–Crippen MR) is 130 cm³/mol. The van der Waals surface area contributed by atoms with Gasteiger partial charge in [-0.05, 0) is 72.5 Å². The predicted octanol–water partition coefficient (Wildman–Crippen LogP) is 6.88. The van der Waals surface area contributed by atoms with Gasteiger partial charge >= 0.3 is 6.03 Å². The van der Waals surface area contributed by atoms with Crippen molar-refractivity contribution in [1.29, 1.82) is 0 Å². The third kappa shape index (κ3) is 3.67. The van der Waals surface area contributed by atoms with Crippen molar-refractivity contribution in [3.63, 3.8) is 0 Å². The molecule has 0 radical (unpaired) electrons. The molecule has 0 saturated carbocycles.